The standard InChI is InChI=1S/C16H12Cl2N4O/c17-12-7-4-8-13(18)16(12)14(9-15-19-21-22-20-15)23-10-11-5-2-1-3-6-11/h1-9H,10H2,(H,19,20,21,22). The van der Waals surface area contributed by atoms with E-state index in [1.807, 2.05) is 30.3 Å². The van der Waals surface area contributed by atoms with Crippen molar-refractivity contribution in [3.05, 3.63) is 75.5 Å². The molecule has 0 saturated heterocycles. The molecule has 0 amide bonds. The minimum atomic E-state index is 0.367. The van der Waals surface area contributed by atoms with Crippen molar-refractivity contribution in [3.63, 3.8) is 0 Å². The van der Waals surface area contributed by atoms with Crippen LogP contribution in [0.4, 0.5) is 0 Å². The monoisotopic (exact) mass is 346 g/mol. The highest BCUT2D eigenvalue weighted by Crippen LogP contribution is 2.33. The normalized spacial score (nSPS) is 11.5. The van der Waals surface area contributed by atoms with Gasteiger partial charge in [-0.1, -0.05) is 59.6 Å². The minimum absolute atomic E-state index is 0.367. The third-order valence-corrected chi connectivity index (χ3v) is 3.70. The van der Waals surface area contributed by atoms with Crippen molar-refractivity contribution in [2.75, 3.05) is 0 Å². The summed E-state index contributed by atoms with van der Waals surface area (Å²) in [5.41, 5.74) is 1.62. The van der Waals surface area contributed by atoms with Gasteiger partial charge >= 0.3 is 0 Å². The SMILES string of the molecule is Clc1cccc(Cl)c1C(=Cc1nn[nH]n1)OCc1ccccc1. The first-order valence-electron chi connectivity index (χ1n) is 6.80. The zero-order valence-electron chi connectivity index (χ0n) is 11.9. The molecule has 2 aromatic carbocycles. The summed E-state index contributed by atoms with van der Waals surface area (Å²) in [5.74, 6) is 0.856. The number of H-pyrrole nitrogens is 1. The Bertz CT molecular complexity index is 784. The Morgan fingerprint density at radius 2 is 1.78 bits per heavy atom. The third kappa shape index (κ3) is 3.88. The van der Waals surface area contributed by atoms with Crippen molar-refractivity contribution in [2.45, 2.75) is 6.61 Å². The molecule has 1 aromatic heterocycles. The first kappa shape index (κ1) is 15.5. The lowest BCUT2D eigenvalue weighted by molar-refractivity contribution is 0.266. The fourth-order valence-electron chi connectivity index (χ4n) is 2.00. The first-order chi connectivity index (χ1) is 11.2. The van der Waals surface area contributed by atoms with Crippen molar-refractivity contribution in [1.82, 2.24) is 20.6 Å². The summed E-state index contributed by atoms with van der Waals surface area (Å²) in [5, 5.41) is 14.7. The summed E-state index contributed by atoms with van der Waals surface area (Å²) in [6, 6.07) is 15.1. The van der Waals surface area contributed by atoms with Crippen LogP contribution >= 0.6 is 23.2 Å². The topological polar surface area (TPSA) is 63.7 Å². The Balaban J connectivity index is 1.94. The lowest BCUT2D eigenvalue weighted by Crippen LogP contribution is -1.96. The number of halogens is 2. The molecule has 1 heterocycles. The lowest BCUT2D eigenvalue weighted by atomic mass is 10.1. The second kappa shape index (κ2) is 7.26. The highest BCUT2D eigenvalue weighted by atomic mass is 35.5. The van der Waals surface area contributed by atoms with Crippen LogP contribution in [0.25, 0.3) is 11.8 Å². The van der Waals surface area contributed by atoms with Crippen LogP contribution in [-0.4, -0.2) is 20.6 Å². The van der Waals surface area contributed by atoms with Gasteiger partial charge < -0.3 is 4.74 Å². The van der Waals surface area contributed by atoms with E-state index in [4.69, 9.17) is 27.9 Å². The molecule has 0 radical (unpaired) electrons. The van der Waals surface area contributed by atoms with E-state index in [2.05, 4.69) is 20.6 Å². The Hall–Kier alpha value is -2.37. The van der Waals surface area contributed by atoms with Crippen LogP contribution < -0.4 is 0 Å². The molecule has 116 valence electrons. The van der Waals surface area contributed by atoms with E-state index >= 15 is 0 Å². The van der Waals surface area contributed by atoms with E-state index in [1.165, 1.54) is 0 Å². The van der Waals surface area contributed by atoms with E-state index in [0.29, 0.717) is 33.8 Å². The molecule has 0 aliphatic heterocycles. The molecule has 1 N–H and O–H groups in total. The van der Waals surface area contributed by atoms with Crippen molar-refractivity contribution in [1.29, 1.82) is 0 Å². The summed E-state index contributed by atoms with van der Waals surface area (Å²) >= 11 is 12.6. The molecule has 23 heavy (non-hydrogen) atoms. The molecule has 0 atom stereocenters. The smallest absolute Gasteiger partial charge is 0.201 e. The highest BCUT2D eigenvalue weighted by molar-refractivity contribution is 6.37. The Kier molecular flexibility index (Phi) is 4.90. The molecule has 0 aliphatic rings. The van der Waals surface area contributed by atoms with Crippen LogP contribution in [0.5, 0.6) is 0 Å². The van der Waals surface area contributed by atoms with Crippen molar-refractivity contribution in [3.8, 4) is 0 Å². The van der Waals surface area contributed by atoms with Gasteiger partial charge in [-0.2, -0.15) is 5.21 Å². The first-order valence-corrected chi connectivity index (χ1v) is 7.56. The van der Waals surface area contributed by atoms with E-state index in [1.54, 1.807) is 24.3 Å². The average molecular weight is 347 g/mol. The van der Waals surface area contributed by atoms with Gasteiger partial charge in [-0.05, 0) is 22.9 Å². The maximum Gasteiger partial charge on any atom is 0.201 e. The second-order valence-corrected chi connectivity index (χ2v) is 5.46. The molecular weight excluding hydrogens is 335 g/mol. The van der Waals surface area contributed by atoms with E-state index in [9.17, 15) is 0 Å². The van der Waals surface area contributed by atoms with E-state index < -0.39 is 0 Å². The summed E-state index contributed by atoms with van der Waals surface area (Å²) in [6.45, 7) is 0.367. The summed E-state index contributed by atoms with van der Waals surface area (Å²) in [6.07, 6.45) is 1.64. The number of aromatic amines is 1. The van der Waals surface area contributed by atoms with Gasteiger partial charge in [-0.15, -0.1) is 10.2 Å². The number of hydrogen-bond acceptors (Lipinski definition) is 4. The molecule has 7 heteroatoms. The van der Waals surface area contributed by atoms with Gasteiger partial charge in [0.15, 0.2) is 0 Å². The van der Waals surface area contributed by atoms with Crippen molar-refractivity contribution >= 4 is 35.0 Å². The molecule has 0 saturated carbocycles. The Morgan fingerprint density at radius 3 is 2.43 bits per heavy atom. The van der Waals surface area contributed by atoms with Crippen molar-refractivity contribution < 1.29 is 4.74 Å². The van der Waals surface area contributed by atoms with Crippen LogP contribution in [0.15, 0.2) is 48.5 Å². The fourth-order valence-corrected chi connectivity index (χ4v) is 2.59. The average Bonchev–Trinajstić information content (AvgIpc) is 3.06. The van der Waals surface area contributed by atoms with Gasteiger partial charge in [0.1, 0.15) is 12.4 Å². The predicted molar refractivity (Wildman–Crippen MR) is 89.7 cm³/mol. The maximum absolute atomic E-state index is 6.28. The van der Waals surface area contributed by atoms with Crippen LogP contribution in [0.3, 0.4) is 0 Å². The highest BCUT2D eigenvalue weighted by Gasteiger charge is 2.14. The number of ether oxygens (including phenoxy) is 1. The molecule has 0 aliphatic carbocycles. The molecule has 3 rings (SSSR count). The number of nitrogens with one attached hydrogen (secondary N) is 1. The quantitative estimate of drug-likeness (QED) is 0.702. The van der Waals surface area contributed by atoms with Gasteiger partial charge in [0.2, 0.25) is 5.82 Å². The number of rotatable bonds is 5. The Morgan fingerprint density at radius 1 is 1.04 bits per heavy atom. The van der Waals surface area contributed by atoms with Gasteiger partial charge in [0, 0.05) is 6.08 Å². The summed E-state index contributed by atoms with van der Waals surface area (Å²) in [7, 11) is 0. The summed E-state index contributed by atoms with van der Waals surface area (Å²) < 4.78 is 5.92. The van der Waals surface area contributed by atoms with Crippen molar-refractivity contribution in [2.24, 2.45) is 0 Å². The van der Waals surface area contributed by atoms with Crippen LogP contribution in [0, 0.1) is 0 Å². The van der Waals surface area contributed by atoms with Crippen LogP contribution in [-0.2, 0) is 11.3 Å². The lowest BCUT2D eigenvalue weighted by Gasteiger charge is -2.13. The maximum atomic E-state index is 6.28. The molecule has 5 nitrogen and oxygen atoms in total. The molecule has 0 bridgehead atoms. The van der Waals surface area contributed by atoms with Crippen LogP contribution in [0.2, 0.25) is 10.0 Å². The molecular formula is C16H12Cl2N4O. The minimum Gasteiger partial charge on any atom is -0.488 e. The van der Waals surface area contributed by atoms with Gasteiger partial charge in [-0.25, -0.2) is 0 Å². The fraction of sp³-hybridized carbons (Fsp3) is 0.0625. The number of aromatic nitrogens is 4. The molecule has 0 spiro atoms. The molecule has 0 unspecified atom stereocenters. The largest absolute Gasteiger partial charge is 0.488 e. The van der Waals surface area contributed by atoms with E-state index in [0.717, 1.165) is 5.56 Å². The number of benzene rings is 2. The Labute approximate surface area is 142 Å². The van der Waals surface area contributed by atoms with Gasteiger partial charge in [-0.3, -0.25) is 0 Å². The molecule has 3 aromatic rings. The zero-order chi connectivity index (χ0) is 16.1. The number of tetrazole rings is 1. The van der Waals surface area contributed by atoms with Gasteiger partial charge in [0.05, 0.1) is 15.6 Å². The number of nitrogens with zero attached hydrogens (tertiary/aromatic N) is 3. The zero-order valence-corrected chi connectivity index (χ0v) is 13.4. The summed E-state index contributed by atoms with van der Waals surface area (Å²) in [4.78, 5) is 0. The molecule has 0 fully saturated rings. The number of hydrogen-bond donors (Lipinski definition) is 1. The second-order valence-electron chi connectivity index (χ2n) is 4.65. The predicted octanol–water partition coefficient (Wildman–Crippen LogP) is 4.22. The van der Waals surface area contributed by atoms with Gasteiger partial charge in [0.25, 0.3) is 0 Å². The van der Waals surface area contributed by atoms with Crippen LogP contribution in [0.1, 0.15) is 17.0 Å². The van der Waals surface area contributed by atoms with E-state index in [-0.39, 0.29) is 0 Å². The third-order valence-electron chi connectivity index (χ3n) is 3.07.